The van der Waals surface area contributed by atoms with Crippen LogP contribution in [0.1, 0.15) is 35.3 Å². The molecule has 0 saturated heterocycles. The van der Waals surface area contributed by atoms with Crippen molar-refractivity contribution in [2.75, 3.05) is 0 Å². The van der Waals surface area contributed by atoms with E-state index in [1.54, 1.807) is 6.07 Å². The summed E-state index contributed by atoms with van der Waals surface area (Å²) in [5.41, 5.74) is 9.14. The summed E-state index contributed by atoms with van der Waals surface area (Å²) >= 11 is 0. The number of aromatic nitrogens is 1. The molecule has 4 heteroatoms. The van der Waals surface area contributed by atoms with Gasteiger partial charge in [-0.15, -0.1) is 0 Å². The zero-order valence-electron chi connectivity index (χ0n) is 12.7. The number of carbonyl (C=O) groups excluding carboxylic acids is 1. The molecule has 0 atom stereocenters. The van der Waals surface area contributed by atoms with E-state index >= 15 is 0 Å². The second-order valence-electron chi connectivity index (χ2n) is 6.31. The number of hydrogen-bond donors (Lipinski definition) is 3. The lowest BCUT2D eigenvalue weighted by atomic mass is 9.75. The van der Waals surface area contributed by atoms with Crippen molar-refractivity contribution in [2.45, 2.75) is 24.9 Å². The van der Waals surface area contributed by atoms with Crippen LogP contribution in [0.3, 0.4) is 0 Å². The first-order valence-electron chi connectivity index (χ1n) is 7.81. The summed E-state index contributed by atoms with van der Waals surface area (Å²) in [5, 5.41) is 11.3. The fourth-order valence-electron chi connectivity index (χ4n) is 3.22. The Morgan fingerprint density at radius 3 is 2.35 bits per heavy atom. The summed E-state index contributed by atoms with van der Waals surface area (Å²) in [5.74, 6) is -0.458. The van der Waals surface area contributed by atoms with Gasteiger partial charge in [-0.25, -0.2) is 0 Å². The minimum atomic E-state index is -0.625. The Morgan fingerprint density at radius 1 is 1.04 bits per heavy atom. The molecular formula is C19H18N2O2. The van der Waals surface area contributed by atoms with E-state index < -0.39 is 11.5 Å². The SMILES string of the molecule is NC(=O)c1cc2cc(-c3ccc(C4(O)CCC4)cc3)ccc2[nH]1. The van der Waals surface area contributed by atoms with E-state index in [-0.39, 0.29) is 0 Å². The number of primary amides is 1. The molecular weight excluding hydrogens is 288 g/mol. The van der Waals surface area contributed by atoms with Gasteiger partial charge in [-0.3, -0.25) is 4.79 Å². The molecule has 1 aliphatic rings. The Bertz CT molecular complexity index is 889. The largest absolute Gasteiger partial charge is 0.385 e. The van der Waals surface area contributed by atoms with E-state index in [9.17, 15) is 9.90 Å². The first-order valence-corrected chi connectivity index (χ1v) is 7.81. The molecule has 2 aromatic carbocycles. The number of amides is 1. The van der Waals surface area contributed by atoms with Crippen LogP contribution in [-0.4, -0.2) is 16.0 Å². The quantitative estimate of drug-likeness (QED) is 0.694. The first-order chi connectivity index (χ1) is 11.0. The number of aliphatic hydroxyl groups is 1. The highest BCUT2D eigenvalue weighted by molar-refractivity contribution is 5.98. The van der Waals surface area contributed by atoms with Gasteiger partial charge in [-0.2, -0.15) is 0 Å². The van der Waals surface area contributed by atoms with E-state index in [2.05, 4.69) is 4.98 Å². The van der Waals surface area contributed by atoms with Gasteiger partial charge in [0.2, 0.25) is 0 Å². The van der Waals surface area contributed by atoms with Gasteiger partial charge in [0.15, 0.2) is 0 Å². The van der Waals surface area contributed by atoms with Crippen molar-refractivity contribution in [1.29, 1.82) is 0 Å². The molecule has 0 bridgehead atoms. The highest BCUT2D eigenvalue weighted by Gasteiger charge is 2.35. The van der Waals surface area contributed by atoms with Crippen LogP contribution in [0, 0.1) is 0 Å². The summed E-state index contributed by atoms with van der Waals surface area (Å²) in [6.07, 6.45) is 2.78. The van der Waals surface area contributed by atoms with Crippen LogP contribution in [0.5, 0.6) is 0 Å². The number of benzene rings is 2. The highest BCUT2D eigenvalue weighted by atomic mass is 16.3. The maximum absolute atomic E-state index is 11.3. The molecule has 0 aliphatic heterocycles. The predicted octanol–water partition coefficient (Wildman–Crippen LogP) is 3.31. The van der Waals surface area contributed by atoms with Gasteiger partial charge in [0.25, 0.3) is 5.91 Å². The molecule has 1 saturated carbocycles. The molecule has 1 aliphatic carbocycles. The van der Waals surface area contributed by atoms with E-state index in [4.69, 9.17) is 5.73 Å². The molecule has 0 spiro atoms. The standard InChI is InChI=1S/C19H18N2O2/c20-18(22)17-11-14-10-13(4-7-16(14)21-17)12-2-5-15(6-3-12)19(23)8-1-9-19/h2-7,10-11,21,23H,1,8-9H2,(H2,20,22). The maximum atomic E-state index is 11.3. The summed E-state index contributed by atoms with van der Waals surface area (Å²) in [6, 6.07) is 15.8. The molecule has 23 heavy (non-hydrogen) atoms. The molecule has 3 aromatic rings. The second-order valence-corrected chi connectivity index (χ2v) is 6.31. The smallest absolute Gasteiger partial charge is 0.265 e. The molecule has 1 fully saturated rings. The number of nitrogens with two attached hydrogens (primary N) is 1. The predicted molar refractivity (Wildman–Crippen MR) is 90.0 cm³/mol. The molecule has 4 N–H and O–H groups in total. The van der Waals surface area contributed by atoms with Crippen molar-refractivity contribution in [1.82, 2.24) is 4.98 Å². The summed E-state index contributed by atoms with van der Waals surface area (Å²) in [7, 11) is 0. The average molecular weight is 306 g/mol. The molecule has 1 aromatic heterocycles. The van der Waals surface area contributed by atoms with Gasteiger partial charge in [0.1, 0.15) is 5.69 Å². The zero-order chi connectivity index (χ0) is 16.0. The lowest BCUT2D eigenvalue weighted by Gasteiger charge is -2.37. The lowest BCUT2D eigenvalue weighted by Crippen LogP contribution is -2.33. The topological polar surface area (TPSA) is 79.1 Å². The number of carbonyl (C=O) groups is 1. The van der Waals surface area contributed by atoms with Gasteiger partial charge in [-0.05, 0) is 54.2 Å². The molecule has 4 rings (SSSR count). The molecule has 1 amide bonds. The van der Waals surface area contributed by atoms with Crippen LogP contribution in [0.4, 0.5) is 0 Å². The third kappa shape index (κ3) is 2.32. The van der Waals surface area contributed by atoms with E-state index in [0.717, 1.165) is 46.9 Å². The Morgan fingerprint density at radius 2 is 1.74 bits per heavy atom. The normalized spacial score (nSPS) is 16.2. The van der Waals surface area contributed by atoms with Gasteiger partial charge < -0.3 is 15.8 Å². The van der Waals surface area contributed by atoms with E-state index in [0.29, 0.717) is 5.69 Å². The fraction of sp³-hybridized carbons (Fsp3) is 0.211. The lowest BCUT2D eigenvalue weighted by molar-refractivity contribution is -0.0387. The number of rotatable bonds is 3. The Labute approximate surface area is 133 Å². The average Bonchev–Trinajstić information content (AvgIpc) is 2.96. The summed E-state index contributed by atoms with van der Waals surface area (Å²) < 4.78 is 0. The van der Waals surface area contributed by atoms with E-state index in [1.807, 2.05) is 42.5 Å². The minimum Gasteiger partial charge on any atom is -0.385 e. The van der Waals surface area contributed by atoms with Crippen LogP contribution < -0.4 is 5.73 Å². The van der Waals surface area contributed by atoms with Crippen molar-refractivity contribution < 1.29 is 9.90 Å². The van der Waals surface area contributed by atoms with Gasteiger partial charge in [-0.1, -0.05) is 30.3 Å². The number of aromatic amines is 1. The van der Waals surface area contributed by atoms with Crippen LogP contribution in [0.15, 0.2) is 48.5 Å². The van der Waals surface area contributed by atoms with Crippen LogP contribution in [0.25, 0.3) is 22.0 Å². The molecule has 1 heterocycles. The summed E-state index contributed by atoms with van der Waals surface area (Å²) in [4.78, 5) is 14.3. The third-order valence-corrected chi connectivity index (χ3v) is 4.82. The van der Waals surface area contributed by atoms with Gasteiger partial charge >= 0.3 is 0 Å². The second kappa shape index (κ2) is 4.96. The number of nitrogens with one attached hydrogen (secondary N) is 1. The van der Waals surface area contributed by atoms with Crippen molar-refractivity contribution in [3.05, 3.63) is 59.8 Å². The van der Waals surface area contributed by atoms with Crippen molar-refractivity contribution in [2.24, 2.45) is 5.73 Å². The van der Waals surface area contributed by atoms with Crippen molar-refractivity contribution in [3.8, 4) is 11.1 Å². The molecule has 0 unspecified atom stereocenters. The van der Waals surface area contributed by atoms with Crippen LogP contribution in [-0.2, 0) is 5.60 Å². The summed E-state index contributed by atoms with van der Waals surface area (Å²) in [6.45, 7) is 0. The fourth-order valence-corrected chi connectivity index (χ4v) is 3.22. The molecule has 116 valence electrons. The van der Waals surface area contributed by atoms with Gasteiger partial charge in [0.05, 0.1) is 5.60 Å². The molecule has 4 nitrogen and oxygen atoms in total. The number of H-pyrrole nitrogens is 1. The Kier molecular flexibility index (Phi) is 3.03. The number of hydrogen-bond acceptors (Lipinski definition) is 2. The molecule has 0 radical (unpaired) electrons. The Balaban J connectivity index is 1.69. The zero-order valence-corrected chi connectivity index (χ0v) is 12.7. The monoisotopic (exact) mass is 306 g/mol. The van der Waals surface area contributed by atoms with Gasteiger partial charge in [0, 0.05) is 10.9 Å². The number of fused-ring (bicyclic) bond motifs is 1. The van der Waals surface area contributed by atoms with Crippen molar-refractivity contribution >= 4 is 16.8 Å². The maximum Gasteiger partial charge on any atom is 0.265 e. The van der Waals surface area contributed by atoms with Crippen LogP contribution >= 0.6 is 0 Å². The minimum absolute atomic E-state index is 0.416. The van der Waals surface area contributed by atoms with E-state index in [1.165, 1.54) is 0 Å². The first kappa shape index (κ1) is 14.0. The van der Waals surface area contributed by atoms with Crippen molar-refractivity contribution in [3.63, 3.8) is 0 Å². The highest BCUT2D eigenvalue weighted by Crippen LogP contribution is 2.41. The Hall–Kier alpha value is -2.59. The van der Waals surface area contributed by atoms with Crippen LogP contribution in [0.2, 0.25) is 0 Å². The third-order valence-electron chi connectivity index (χ3n) is 4.82.